The minimum atomic E-state index is -0.674. The lowest BCUT2D eigenvalue weighted by molar-refractivity contribution is -0.152. The fourth-order valence-corrected chi connectivity index (χ4v) is 5.25. The average Bonchev–Trinajstić information content (AvgIpc) is 3.34. The predicted octanol–water partition coefficient (Wildman–Crippen LogP) is 3.57. The minimum Gasteiger partial charge on any atom is -0.453 e. The van der Waals surface area contributed by atoms with E-state index in [0.29, 0.717) is 37.2 Å². The molecule has 2 amide bonds. The van der Waals surface area contributed by atoms with Gasteiger partial charge in [0, 0.05) is 37.2 Å². The van der Waals surface area contributed by atoms with E-state index in [1.165, 1.54) is 13.2 Å². The van der Waals surface area contributed by atoms with Crippen LogP contribution in [0.3, 0.4) is 0 Å². The number of nitrogens with one attached hydrogen (secondary N) is 1. The molecule has 2 aliphatic rings. The maximum atomic E-state index is 15.3. The number of hydrogen-bond donors (Lipinski definition) is 2. The largest absolute Gasteiger partial charge is 0.453 e. The number of ether oxygens (including phenoxy) is 3. The highest BCUT2D eigenvalue weighted by molar-refractivity contribution is 5.79. The van der Waals surface area contributed by atoms with E-state index < -0.39 is 18.3 Å². The molecule has 8 nitrogen and oxygen atoms in total. The summed E-state index contributed by atoms with van der Waals surface area (Å²) in [6, 6.07) is 12.6. The van der Waals surface area contributed by atoms with E-state index in [4.69, 9.17) is 15.2 Å². The first-order valence-electron chi connectivity index (χ1n) is 12.8. The standard InChI is InChI=1S/C28H36FN3O5/c1-18-5-3-6-19(15-18)25-22(7-4-8-23(25)29)26(37-13-11-31-28(34)35-2)24-17-32(12-14-36-24)27(33)20-9-10-21(30)16-20/h3-8,15,20-21,24,26H,9-14,16-17,30H2,1-2H3,(H,31,34)/t20-,21+,24+,26-/m1/s1. The van der Waals surface area contributed by atoms with Gasteiger partial charge in [-0.2, -0.15) is 0 Å². The van der Waals surface area contributed by atoms with E-state index in [1.54, 1.807) is 6.07 Å². The Bertz CT molecular complexity index is 1100. The van der Waals surface area contributed by atoms with Crippen LogP contribution < -0.4 is 11.1 Å². The van der Waals surface area contributed by atoms with Crippen molar-refractivity contribution in [2.75, 3.05) is 40.0 Å². The fraction of sp³-hybridized carbons (Fsp3) is 0.500. The van der Waals surface area contributed by atoms with Crippen molar-refractivity contribution in [3.05, 3.63) is 59.4 Å². The van der Waals surface area contributed by atoms with Crippen molar-refractivity contribution in [3.8, 4) is 11.1 Å². The SMILES string of the molecule is COC(=O)NCCO[C@H](c1cccc(F)c1-c1cccc(C)c1)[C@@H]1CN(C(=O)[C@@H]2CC[C@H](N)C2)CCO1. The van der Waals surface area contributed by atoms with Crippen LogP contribution >= 0.6 is 0 Å². The number of carbonyl (C=O) groups is 2. The molecule has 0 radical (unpaired) electrons. The Labute approximate surface area is 217 Å². The molecule has 3 N–H and O–H groups in total. The lowest BCUT2D eigenvalue weighted by Crippen LogP contribution is -2.50. The molecule has 0 bridgehead atoms. The van der Waals surface area contributed by atoms with E-state index in [-0.39, 0.29) is 36.8 Å². The Morgan fingerprint density at radius 3 is 2.78 bits per heavy atom. The zero-order valence-corrected chi connectivity index (χ0v) is 21.5. The summed E-state index contributed by atoms with van der Waals surface area (Å²) in [6.45, 7) is 3.47. The van der Waals surface area contributed by atoms with E-state index >= 15 is 4.39 Å². The molecule has 37 heavy (non-hydrogen) atoms. The molecule has 2 fully saturated rings. The van der Waals surface area contributed by atoms with Gasteiger partial charge in [0.05, 0.1) is 20.3 Å². The third-order valence-corrected chi connectivity index (χ3v) is 7.08. The van der Waals surface area contributed by atoms with Crippen molar-refractivity contribution in [3.63, 3.8) is 0 Å². The molecule has 0 aromatic heterocycles. The number of morpholine rings is 1. The maximum Gasteiger partial charge on any atom is 0.406 e. The topological polar surface area (TPSA) is 103 Å². The van der Waals surface area contributed by atoms with Gasteiger partial charge in [-0.25, -0.2) is 9.18 Å². The molecule has 2 aromatic rings. The molecule has 2 aromatic carbocycles. The lowest BCUT2D eigenvalue weighted by Gasteiger charge is -2.38. The van der Waals surface area contributed by atoms with E-state index in [2.05, 4.69) is 10.1 Å². The van der Waals surface area contributed by atoms with E-state index in [9.17, 15) is 9.59 Å². The molecule has 200 valence electrons. The number of rotatable bonds is 8. The molecule has 9 heteroatoms. The Balaban J connectivity index is 1.61. The van der Waals surface area contributed by atoms with Crippen LogP contribution in [0.25, 0.3) is 11.1 Å². The second kappa shape index (κ2) is 12.5. The van der Waals surface area contributed by atoms with Gasteiger partial charge in [-0.05, 0) is 43.4 Å². The van der Waals surface area contributed by atoms with Gasteiger partial charge < -0.3 is 30.2 Å². The van der Waals surface area contributed by atoms with Crippen LogP contribution in [-0.4, -0.2) is 69.0 Å². The summed E-state index contributed by atoms with van der Waals surface area (Å²) in [5.74, 6) is -0.354. The summed E-state index contributed by atoms with van der Waals surface area (Å²) in [6.07, 6.45) is 0.589. The van der Waals surface area contributed by atoms with Crippen LogP contribution in [0.1, 0.15) is 36.5 Å². The molecule has 1 saturated heterocycles. The van der Waals surface area contributed by atoms with Crippen LogP contribution in [-0.2, 0) is 19.0 Å². The van der Waals surface area contributed by atoms with Crippen LogP contribution in [0.2, 0.25) is 0 Å². The second-order valence-electron chi connectivity index (χ2n) is 9.75. The monoisotopic (exact) mass is 513 g/mol. The number of methoxy groups -OCH3 is 1. The van der Waals surface area contributed by atoms with Crippen LogP contribution in [0.15, 0.2) is 42.5 Å². The second-order valence-corrected chi connectivity index (χ2v) is 9.75. The molecular formula is C28H36FN3O5. The maximum absolute atomic E-state index is 15.3. The van der Waals surface area contributed by atoms with Gasteiger partial charge in [0.1, 0.15) is 18.0 Å². The number of nitrogens with two attached hydrogens (primary N) is 1. The highest BCUT2D eigenvalue weighted by Crippen LogP contribution is 2.37. The molecule has 1 saturated carbocycles. The Kier molecular flexibility index (Phi) is 9.13. The first-order valence-corrected chi connectivity index (χ1v) is 12.8. The summed E-state index contributed by atoms with van der Waals surface area (Å²) < 4.78 is 32.4. The normalized spacial score (nSPS) is 22.5. The quantitative estimate of drug-likeness (QED) is 0.523. The molecule has 1 heterocycles. The van der Waals surface area contributed by atoms with Gasteiger partial charge in [-0.1, -0.05) is 42.0 Å². The highest BCUT2D eigenvalue weighted by atomic mass is 19.1. The lowest BCUT2D eigenvalue weighted by atomic mass is 9.91. The highest BCUT2D eigenvalue weighted by Gasteiger charge is 2.37. The molecule has 4 rings (SSSR count). The molecule has 4 atom stereocenters. The summed E-state index contributed by atoms with van der Waals surface area (Å²) in [4.78, 5) is 26.6. The van der Waals surface area contributed by atoms with Gasteiger partial charge in [-0.15, -0.1) is 0 Å². The number of carbonyl (C=O) groups excluding carboxylic acids is 2. The van der Waals surface area contributed by atoms with Crippen molar-refractivity contribution >= 4 is 12.0 Å². The number of nitrogens with zero attached hydrogens (tertiary/aromatic N) is 1. The molecule has 1 aliphatic carbocycles. The van der Waals surface area contributed by atoms with Gasteiger partial charge in [0.25, 0.3) is 0 Å². The number of hydrogen-bond acceptors (Lipinski definition) is 6. The number of halogens is 1. The van der Waals surface area contributed by atoms with Gasteiger partial charge in [0.15, 0.2) is 0 Å². The van der Waals surface area contributed by atoms with Crippen LogP contribution in [0, 0.1) is 18.7 Å². The zero-order chi connectivity index (χ0) is 26.4. The fourth-order valence-electron chi connectivity index (χ4n) is 5.25. The van der Waals surface area contributed by atoms with Crippen molar-refractivity contribution < 1.29 is 28.2 Å². The number of benzene rings is 2. The zero-order valence-electron chi connectivity index (χ0n) is 21.5. The predicted molar refractivity (Wildman–Crippen MR) is 137 cm³/mol. The summed E-state index contributed by atoms with van der Waals surface area (Å²) in [5, 5.41) is 2.60. The first-order chi connectivity index (χ1) is 17.9. The van der Waals surface area contributed by atoms with Gasteiger partial charge >= 0.3 is 6.09 Å². The summed E-state index contributed by atoms with van der Waals surface area (Å²) in [7, 11) is 1.29. The number of aryl methyl sites for hydroxylation is 1. The van der Waals surface area contributed by atoms with Gasteiger partial charge in [-0.3, -0.25) is 4.79 Å². The smallest absolute Gasteiger partial charge is 0.406 e. The Morgan fingerprint density at radius 1 is 1.24 bits per heavy atom. The molecule has 1 aliphatic heterocycles. The average molecular weight is 514 g/mol. The molecule has 0 spiro atoms. The van der Waals surface area contributed by atoms with Crippen molar-refractivity contribution in [1.29, 1.82) is 0 Å². The Hall–Kier alpha value is -3.01. The van der Waals surface area contributed by atoms with Crippen LogP contribution in [0.5, 0.6) is 0 Å². The summed E-state index contributed by atoms with van der Waals surface area (Å²) in [5.41, 5.74) is 8.86. The van der Waals surface area contributed by atoms with Crippen molar-refractivity contribution in [1.82, 2.24) is 10.2 Å². The first kappa shape index (κ1) is 27.0. The minimum absolute atomic E-state index is 0.0633. The van der Waals surface area contributed by atoms with Gasteiger partial charge in [0.2, 0.25) is 5.91 Å². The van der Waals surface area contributed by atoms with Crippen LogP contribution in [0.4, 0.5) is 9.18 Å². The number of amides is 2. The van der Waals surface area contributed by atoms with E-state index in [1.807, 2.05) is 42.2 Å². The van der Waals surface area contributed by atoms with E-state index in [0.717, 1.165) is 24.0 Å². The molecule has 0 unspecified atom stereocenters. The summed E-state index contributed by atoms with van der Waals surface area (Å²) >= 11 is 0. The van der Waals surface area contributed by atoms with Crippen molar-refractivity contribution in [2.45, 2.75) is 44.4 Å². The third kappa shape index (κ3) is 6.66. The van der Waals surface area contributed by atoms with Crippen molar-refractivity contribution in [2.24, 2.45) is 11.7 Å². The molecular weight excluding hydrogens is 477 g/mol. The Morgan fingerprint density at radius 2 is 2.05 bits per heavy atom. The number of alkyl carbamates (subject to hydrolysis) is 1. The third-order valence-electron chi connectivity index (χ3n) is 7.08.